The highest BCUT2D eigenvalue weighted by atomic mass is 16.5. The molecule has 1 atom stereocenters. The Hall–Kier alpha value is -3.95. The maximum Gasteiger partial charge on any atom is 0.407 e. The Bertz CT molecular complexity index is 860. The fraction of sp³-hybridized carbons (Fsp3) is 0.250. The number of nitrogens with zero attached hydrogens (tertiary/aromatic N) is 1. The van der Waals surface area contributed by atoms with E-state index in [-0.39, 0.29) is 13.2 Å². The number of carbonyl (C=O) groups is 4. The Morgan fingerprint density at radius 1 is 1.00 bits per heavy atom. The SMILES string of the molecule is O=C(O)C[C@H](NC(=O)CNC(=O)OCc1ccccc1)C(=O)NCc1ccccn1. The molecule has 0 spiro atoms. The lowest BCUT2D eigenvalue weighted by Crippen LogP contribution is -2.50. The summed E-state index contributed by atoms with van der Waals surface area (Å²) in [7, 11) is 0. The van der Waals surface area contributed by atoms with E-state index in [2.05, 4.69) is 20.9 Å². The maximum atomic E-state index is 12.3. The predicted molar refractivity (Wildman–Crippen MR) is 105 cm³/mol. The van der Waals surface area contributed by atoms with E-state index in [1.54, 1.807) is 48.7 Å². The van der Waals surface area contributed by atoms with Gasteiger partial charge in [-0.25, -0.2) is 4.79 Å². The molecule has 0 aliphatic carbocycles. The number of carbonyl (C=O) groups excluding carboxylic acids is 3. The van der Waals surface area contributed by atoms with Crippen molar-refractivity contribution < 1.29 is 29.0 Å². The van der Waals surface area contributed by atoms with Crippen LogP contribution in [0.1, 0.15) is 17.7 Å². The van der Waals surface area contributed by atoms with Crippen LogP contribution in [0.25, 0.3) is 0 Å². The van der Waals surface area contributed by atoms with Gasteiger partial charge in [0.2, 0.25) is 11.8 Å². The molecule has 0 saturated carbocycles. The Morgan fingerprint density at radius 3 is 2.40 bits per heavy atom. The summed E-state index contributed by atoms with van der Waals surface area (Å²) in [6.07, 6.45) is 0.127. The van der Waals surface area contributed by atoms with Gasteiger partial charge in [-0.05, 0) is 17.7 Å². The number of carboxylic acid groups (broad SMARTS) is 1. The number of hydrogen-bond donors (Lipinski definition) is 4. The zero-order valence-electron chi connectivity index (χ0n) is 16.0. The van der Waals surface area contributed by atoms with Gasteiger partial charge in [0.15, 0.2) is 0 Å². The van der Waals surface area contributed by atoms with Gasteiger partial charge in [-0.1, -0.05) is 36.4 Å². The smallest absolute Gasteiger partial charge is 0.407 e. The Morgan fingerprint density at radius 2 is 1.73 bits per heavy atom. The number of hydrogen-bond acceptors (Lipinski definition) is 6. The molecule has 1 aromatic heterocycles. The molecule has 0 bridgehead atoms. The molecule has 158 valence electrons. The molecule has 3 amide bonds. The molecule has 30 heavy (non-hydrogen) atoms. The van der Waals surface area contributed by atoms with E-state index < -0.39 is 42.9 Å². The summed E-state index contributed by atoms with van der Waals surface area (Å²) in [6, 6.07) is 12.8. The quantitative estimate of drug-likeness (QED) is 0.445. The molecule has 0 fully saturated rings. The first-order chi connectivity index (χ1) is 14.4. The molecule has 1 heterocycles. The predicted octanol–water partition coefficient (Wildman–Crippen LogP) is 0.584. The standard InChI is InChI=1S/C20H22N4O6/c25-17(12-23-20(29)30-13-14-6-2-1-3-7-14)24-16(10-18(26)27)19(28)22-11-15-8-4-5-9-21-15/h1-9,16H,10-13H2,(H,22,28)(H,23,29)(H,24,25)(H,26,27)/t16-/m0/s1. The Labute approximate surface area is 172 Å². The van der Waals surface area contributed by atoms with E-state index in [4.69, 9.17) is 9.84 Å². The van der Waals surface area contributed by atoms with Gasteiger partial charge in [0.05, 0.1) is 18.7 Å². The number of ether oxygens (including phenoxy) is 1. The van der Waals surface area contributed by atoms with Crippen LogP contribution in [0.15, 0.2) is 54.7 Å². The highest BCUT2D eigenvalue weighted by Crippen LogP contribution is 2.00. The highest BCUT2D eigenvalue weighted by molar-refractivity contribution is 5.91. The molecule has 0 radical (unpaired) electrons. The van der Waals surface area contributed by atoms with Gasteiger partial charge < -0.3 is 25.8 Å². The maximum absolute atomic E-state index is 12.3. The fourth-order valence-electron chi connectivity index (χ4n) is 2.36. The van der Waals surface area contributed by atoms with Gasteiger partial charge in [-0.15, -0.1) is 0 Å². The molecule has 4 N–H and O–H groups in total. The van der Waals surface area contributed by atoms with Crippen molar-refractivity contribution >= 4 is 23.9 Å². The zero-order chi connectivity index (χ0) is 21.8. The lowest BCUT2D eigenvalue weighted by molar-refractivity contribution is -0.140. The summed E-state index contributed by atoms with van der Waals surface area (Å²) in [5.74, 6) is -2.67. The third kappa shape index (κ3) is 8.38. The van der Waals surface area contributed by atoms with Crippen molar-refractivity contribution in [2.45, 2.75) is 25.6 Å². The second-order valence-corrected chi connectivity index (χ2v) is 6.17. The van der Waals surface area contributed by atoms with Crippen molar-refractivity contribution in [3.05, 3.63) is 66.0 Å². The van der Waals surface area contributed by atoms with Gasteiger partial charge in [0, 0.05) is 6.20 Å². The van der Waals surface area contributed by atoms with Crippen LogP contribution in [0.5, 0.6) is 0 Å². The molecule has 0 aliphatic rings. The van der Waals surface area contributed by atoms with Crippen LogP contribution < -0.4 is 16.0 Å². The number of pyridine rings is 1. The summed E-state index contributed by atoms with van der Waals surface area (Å²) >= 11 is 0. The number of amides is 3. The van der Waals surface area contributed by atoms with Crippen molar-refractivity contribution in [1.82, 2.24) is 20.9 Å². The highest BCUT2D eigenvalue weighted by Gasteiger charge is 2.23. The molecule has 0 aliphatic heterocycles. The number of carboxylic acids is 1. The minimum atomic E-state index is -1.30. The number of rotatable bonds is 10. The van der Waals surface area contributed by atoms with E-state index in [0.29, 0.717) is 5.69 Å². The van der Waals surface area contributed by atoms with Crippen molar-refractivity contribution in [3.8, 4) is 0 Å². The number of aromatic nitrogens is 1. The van der Waals surface area contributed by atoms with Gasteiger partial charge in [-0.3, -0.25) is 19.4 Å². The Balaban J connectivity index is 1.78. The van der Waals surface area contributed by atoms with Crippen molar-refractivity contribution in [2.75, 3.05) is 6.54 Å². The minimum Gasteiger partial charge on any atom is -0.481 e. The van der Waals surface area contributed by atoms with E-state index in [0.717, 1.165) is 5.56 Å². The summed E-state index contributed by atoms with van der Waals surface area (Å²) in [5, 5.41) is 16.1. The molecule has 2 rings (SSSR count). The van der Waals surface area contributed by atoms with Crippen molar-refractivity contribution in [2.24, 2.45) is 0 Å². The second kappa shape index (κ2) is 11.8. The van der Waals surface area contributed by atoms with E-state index in [1.165, 1.54) is 0 Å². The molecular weight excluding hydrogens is 392 g/mol. The molecule has 10 heteroatoms. The fourth-order valence-corrected chi connectivity index (χ4v) is 2.36. The zero-order valence-corrected chi connectivity index (χ0v) is 16.0. The molecule has 0 unspecified atom stereocenters. The average molecular weight is 414 g/mol. The summed E-state index contributed by atoms with van der Waals surface area (Å²) in [4.78, 5) is 51.0. The third-order valence-electron chi connectivity index (χ3n) is 3.81. The van der Waals surface area contributed by atoms with Crippen LogP contribution in [-0.2, 0) is 32.3 Å². The van der Waals surface area contributed by atoms with Crippen LogP contribution in [0.4, 0.5) is 4.79 Å². The van der Waals surface area contributed by atoms with Gasteiger partial charge in [0.25, 0.3) is 0 Å². The lowest BCUT2D eigenvalue weighted by atomic mass is 10.2. The van der Waals surface area contributed by atoms with Gasteiger partial charge >= 0.3 is 12.1 Å². The normalized spacial score (nSPS) is 11.1. The second-order valence-electron chi connectivity index (χ2n) is 6.17. The van der Waals surface area contributed by atoms with Crippen LogP contribution in [0.3, 0.4) is 0 Å². The minimum absolute atomic E-state index is 0.0336. The summed E-state index contributed by atoms with van der Waals surface area (Å²) in [5.41, 5.74) is 1.36. The lowest BCUT2D eigenvalue weighted by Gasteiger charge is -2.17. The van der Waals surface area contributed by atoms with Crippen LogP contribution in [-0.4, -0.2) is 46.6 Å². The molecule has 1 aromatic carbocycles. The first-order valence-electron chi connectivity index (χ1n) is 9.07. The Kier molecular flexibility index (Phi) is 8.78. The van der Waals surface area contributed by atoms with E-state index >= 15 is 0 Å². The van der Waals surface area contributed by atoms with E-state index in [9.17, 15) is 19.2 Å². The van der Waals surface area contributed by atoms with Gasteiger partial charge in [-0.2, -0.15) is 0 Å². The molecule has 10 nitrogen and oxygen atoms in total. The molecular formula is C20H22N4O6. The van der Waals surface area contributed by atoms with Crippen LogP contribution in [0.2, 0.25) is 0 Å². The molecule has 2 aromatic rings. The van der Waals surface area contributed by atoms with Crippen molar-refractivity contribution in [3.63, 3.8) is 0 Å². The summed E-state index contributed by atoms with van der Waals surface area (Å²) < 4.78 is 4.97. The monoisotopic (exact) mass is 414 g/mol. The average Bonchev–Trinajstić information content (AvgIpc) is 2.75. The number of aliphatic carboxylic acids is 1. The van der Waals surface area contributed by atoms with Crippen LogP contribution >= 0.6 is 0 Å². The van der Waals surface area contributed by atoms with E-state index in [1.807, 2.05) is 6.07 Å². The van der Waals surface area contributed by atoms with Gasteiger partial charge in [0.1, 0.15) is 19.2 Å². The number of alkyl carbamates (subject to hydrolysis) is 1. The number of nitrogens with one attached hydrogen (secondary N) is 3. The number of benzene rings is 1. The first kappa shape index (κ1) is 22.3. The largest absolute Gasteiger partial charge is 0.481 e. The third-order valence-corrected chi connectivity index (χ3v) is 3.81. The van der Waals surface area contributed by atoms with Crippen molar-refractivity contribution in [1.29, 1.82) is 0 Å². The first-order valence-corrected chi connectivity index (χ1v) is 9.07. The molecule has 0 saturated heterocycles. The summed E-state index contributed by atoms with van der Waals surface area (Å²) in [6.45, 7) is -0.362. The van der Waals surface area contributed by atoms with Crippen LogP contribution in [0, 0.1) is 0 Å². The topological polar surface area (TPSA) is 147 Å².